The summed E-state index contributed by atoms with van der Waals surface area (Å²) < 4.78 is 0. The first-order valence-corrected chi connectivity index (χ1v) is 5.95. The standard InChI is InChI=1S/C11H15ClN4O/c1-8-13-10(12)7-11(14-8)16-5-3-15(4-6-16)9(2)17/h7H,3-6H2,1-2H3. The van der Waals surface area contributed by atoms with E-state index in [0.29, 0.717) is 11.0 Å². The third-order valence-electron chi connectivity index (χ3n) is 2.84. The maximum atomic E-state index is 11.2. The Kier molecular flexibility index (Phi) is 3.47. The molecule has 0 radical (unpaired) electrons. The molecule has 1 aliphatic heterocycles. The van der Waals surface area contributed by atoms with E-state index in [0.717, 1.165) is 32.0 Å². The van der Waals surface area contributed by atoms with Gasteiger partial charge in [-0.2, -0.15) is 0 Å². The van der Waals surface area contributed by atoms with Gasteiger partial charge in [0.05, 0.1) is 0 Å². The highest BCUT2D eigenvalue weighted by Gasteiger charge is 2.19. The van der Waals surface area contributed by atoms with E-state index in [-0.39, 0.29) is 5.91 Å². The number of aromatic nitrogens is 2. The molecule has 6 heteroatoms. The quantitative estimate of drug-likeness (QED) is 0.705. The number of carbonyl (C=O) groups excluding carboxylic acids is 1. The van der Waals surface area contributed by atoms with Crippen molar-refractivity contribution >= 4 is 23.3 Å². The molecular formula is C11H15ClN4O. The lowest BCUT2D eigenvalue weighted by Crippen LogP contribution is -2.48. The Balaban J connectivity index is 2.07. The number of carbonyl (C=O) groups is 1. The molecular weight excluding hydrogens is 240 g/mol. The second kappa shape index (κ2) is 4.87. The summed E-state index contributed by atoms with van der Waals surface area (Å²) in [6.45, 7) is 6.45. The summed E-state index contributed by atoms with van der Waals surface area (Å²) in [5.74, 6) is 1.63. The monoisotopic (exact) mass is 254 g/mol. The first-order chi connectivity index (χ1) is 8.06. The summed E-state index contributed by atoms with van der Waals surface area (Å²) in [6.07, 6.45) is 0. The topological polar surface area (TPSA) is 49.3 Å². The van der Waals surface area contributed by atoms with Crippen LogP contribution in [0.15, 0.2) is 6.07 Å². The lowest BCUT2D eigenvalue weighted by atomic mass is 10.3. The molecule has 0 unspecified atom stereocenters. The van der Waals surface area contributed by atoms with E-state index in [4.69, 9.17) is 11.6 Å². The molecule has 1 saturated heterocycles. The molecule has 1 amide bonds. The number of aryl methyl sites for hydroxylation is 1. The first kappa shape index (κ1) is 12.1. The minimum Gasteiger partial charge on any atom is -0.353 e. The largest absolute Gasteiger partial charge is 0.353 e. The van der Waals surface area contributed by atoms with E-state index in [1.165, 1.54) is 0 Å². The smallest absolute Gasteiger partial charge is 0.219 e. The van der Waals surface area contributed by atoms with Crippen LogP contribution >= 0.6 is 11.6 Å². The maximum absolute atomic E-state index is 11.2. The minimum absolute atomic E-state index is 0.126. The summed E-state index contributed by atoms with van der Waals surface area (Å²) >= 11 is 5.91. The van der Waals surface area contributed by atoms with Gasteiger partial charge in [0.1, 0.15) is 16.8 Å². The van der Waals surface area contributed by atoms with Crippen LogP contribution in [0.5, 0.6) is 0 Å². The Morgan fingerprint density at radius 3 is 2.47 bits per heavy atom. The lowest BCUT2D eigenvalue weighted by molar-refractivity contribution is -0.129. The zero-order chi connectivity index (χ0) is 12.4. The highest BCUT2D eigenvalue weighted by atomic mass is 35.5. The predicted molar refractivity (Wildman–Crippen MR) is 66.2 cm³/mol. The Bertz CT molecular complexity index is 409. The SMILES string of the molecule is CC(=O)N1CCN(c2cc(Cl)nc(C)n2)CC1. The van der Waals surface area contributed by atoms with Crippen molar-refractivity contribution in [2.75, 3.05) is 31.1 Å². The highest BCUT2D eigenvalue weighted by molar-refractivity contribution is 6.29. The van der Waals surface area contributed by atoms with E-state index in [2.05, 4.69) is 14.9 Å². The van der Waals surface area contributed by atoms with Crippen molar-refractivity contribution in [3.63, 3.8) is 0 Å². The molecule has 1 aromatic heterocycles. The second-order valence-corrected chi connectivity index (χ2v) is 4.48. The number of anilines is 1. The van der Waals surface area contributed by atoms with Gasteiger partial charge in [-0.3, -0.25) is 4.79 Å². The number of hydrogen-bond acceptors (Lipinski definition) is 4. The number of halogens is 1. The van der Waals surface area contributed by atoms with Crippen molar-refractivity contribution in [2.24, 2.45) is 0 Å². The molecule has 0 saturated carbocycles. The molecule has 92 valence electrons. The van der Waals surface area contributed by atoms with Gasteiger partial charge < -0.3 is 9.80 Å². The van der Waals surface area contributed by atoms with Gasteiger partial charge >= 0.3 is 0 Å². The van der Waals surface area contributed by atoms with Gasteiger partial charge in [-0.1, -0.05) is 11.6 Å². The Labute approximate surface area is 105 Å². The molecule has 1 aliphatic rings. The molecule has 2 heterocycles. The average Bonchev–Trinajstić information content (AvgIpc) is 2.28. The van der Waals surface area contributed by atoms with Crippen LogP contribution in [0.4, 0.5) is 5.82 Å². The molecule has 0 N–H and O–H groups in total. The Morgan fingerprint density at radius 1 is 1.29 bits per heavy atom. The molecule has 0 bridgehead atoms. The number of rotatable bonds is 1. The molecule has 1 aromatic rings. The van der Waals surface area contributed by atoms with Gasteiger partial charge in [0.2, 0.25) is 5.91 Å². The number of nitrogens with zero attached hydrogens (tertiary/aromatic N) is 4. The van der Waals surface area contributed by atoms with Crippen molar-refractivity contribution in [1.82, 2.24) is 14.9 Å². The molecule has 2 rings (SSSR count). The zero-order valence-electron chi connectivity index (χ0n) is 9.98. The molecule has 5 nitrogen and oxygen atoms in total. The fourth-order valence-corrected chi connectivity index (χ4v) is 2.15. The Morgan fingerprint density at radius 2 is 1.94 bits per heavy atom. The number of piperazine rings is 1. The van der Waals surface area contributed by atoms with Crippen LogP contribution in [0.2, 0.25) is 5.15 Å². The van der Waals surface area contributed by atoms with Gasteiger partial charge in [-0.05, 0) is 6.92 Å². The first-order valence-electron chi connectivity index (χ1n) is 5.58. The summed E-state index contributed by atoms with van der Waals surface area (Å²) in [4.78, 5) is 23.6. The highest BCUT2D eigenvalue weighted by Crippen LogP contribution is 2.17. The van der Waals surface area contributed by atoms with E-state index < -0.39 is 0 Å². The summed E-state index contributed by atoms with van der Waals surface area (Å²) in [5, 5.41) is 0.460. The van der Waals surface area contributed by atoms with Crippen molar-refractivity contribution in [3.05, 3.63) is 17.0 Å². The van der Waals surface area contributed by atoms with Crippen molar-refractivity contribution < 1.29 is 4.79 Å². The zero-order valence-corrected chi connectivity index (χ0v) is 10.7. The van der Waals surface area contributed by atoms with E-state index in [1.807, 2.05) is 11.8 Å². The van der Waals surface area contributed by atoms with Crippen LogP contribution in [0.1, 0.15) is 12.7 Å². The third kappa shape index (κ3) is 2.85. The van der Waals surface area contributed by atoms with Gasteiger partial charge in [-0.25, -0.2) is 9.97 Å². The lowest BCUT2D eigenvalue weighted by Gasteiger charge is -2.34. The van der Waals surface area contributed by atoms with Gasteiger partial charge in [0, 0.05) is 39.2 Å². The Hall–Kier alpha value is -1.36. The van der Waals surface area contributed by atoms with E-state index in [9.17, 15) is 4.79 Å². The second-order valence-electron chi connectivity index (χ2n) is 4.09. The molecule has 17 heavy (non-hydrogen) atoms. The number of amides is 1. The van der Waals surface area contributed by atoms with E-state index in [1.54, 1.807) is 13.0 Å². The molecule has 0 aromatic carbocycles. The van der Waals surface area contributed by atoms with E-state index >= 15 is 0 Å². The fourth-order valence-electron chi connectivity index (χ4n) is 1.93. The molecule has 1 fully saturated rings. The molecule has 0 aliphatic carbocycles. The number of hydrogen-bond donors (Lipinski definition) is 0. The van der Waals surface area contributed by atoms with Gasteiger partial charge in [0.15, 0.2) is 0 Å². The van der Waals surface area contributed by atoms with Crippen molar-refractivity contribution in [1.29, 1.82) is 0 Å². The van der Waals surface area contributed by atoms with Gasteiger partial charge in [0.25, 0.3) is 0 Å². The maximum Gasteiger partial charge on any atom is 0.219 e. The molecule has 0 atom stereocenters. The van der Waals surface area contributed by atoms with Crippen LogP contribution in [0.3, 0.4) is 0 Å². The van der Waals surface area contributed by atoms with Gasteiger partial charge in [-0.15, -0.1) is 0 Å². The summed E-state index contributed by atoms with van der Waals surface area (Å²) in [5.41, 5.74) is 0. The van der Waals surface area contributed by atoms with Crippen LogP contribution in [0, 0.1) is 6.92 Å². The predicted octanol–water partition coefficient (Wildman–Crippen LogP) is 1.11. The summed E-state index contributed by atoms with van der Waals surface area (Å²) in [7, 11) is 0. The van der Waals surface area contributed by atoms with Crippen LogP contribution < -0.4 is 4.90 Å². The fraction of sp³-hybridized carbons (Fsp3) is 0.545. The van der Waals surface area contributed by atoms with Crippen LogP contribution in [0.25, 0.3) is 0 Å². The summed E-state index contributed by atoms with van der Waals surface area (Å²) in [6, 6.07) is 1.76. The van der Waals surface area contributed by atoms with Crippen LogP contribution in [-0.2, 0) is 4.79 Å². The average molecular weight is 255 g/mol. The normalized spacial score (nSPS) is 16.2. The van der Waals surface area contributed by atoms with Crippen molar-refractivity contribution in [3.8, 4) is 0 Å². The third-order valence-corrected chi connectivity index (χ3v) is 3.04. The minimum atomic E-state index is 0.126. The van der Waals surface area contributed by atoms with Crippen LogP contribution in [-0.4, -0.2) is 47.0 Å². The molecule has 0 spiro atoms. The van der Waals surface area contributed by atoms with Crippen molar-refractivity contribution in [2.45, 2.75) is 13.8 Å².